The second-order valence-electron chi connectivity index (χ2n) is 7.00. The van der Waals surface area contributed by atoms with Gasteiger partial charge in [-0.05, 0) is 0 Å². The molecule has 24 heavy (non-hydrogen) atoms. The van der Waals surface area contributed by atoms with Crippen LogP contribution < -0.4 is 4.46 Å². The summed E-state index contributed by atoms with van der Waals surface area (Å²) >= 11 is -2.14. The minimum absolute atomic E-state index is 0.0165. The van der Waals surface area contributed by atoms with Gasteiger partial charge in [0.1, 0.15) is 0 Å². The van der Waals surface area contributed by atoms with E-state index < -0.39 is 21.9 Å². The van der Waals surface area contributed by atoms with Crippen LogP contribution in [0, 0.1) is 11.5 Å². The summed E-state index contributed by atoms with van der Waals surface area (Å²) in [5, 5.41) is 0. The van der Waals surface area contributed by atoms with Crippen LogP contribution in [0.4, 0.5) is 0 Å². The van der Waals surface area contributed by atoms with Gasteiger partial charge in [-0.15, -0.1) is 0 Å². The first kappa shape index (κ1) is 18.9. The van der Waals surface area contributed by atoms with E-state index in [1.54, 1.807) is 0 Å². The number of aryl methyl sites for hydroxylation is 1. The zero-order valence-corrected chi connectivity index (χ0v) is 17.5. The van der Waals surface area contributed by atoms with Gasteiger partial charge in [0.15, 0.2) is 0 Å². The molecular formula is C21H26OSeSi. The topological polar surface area (TPSA) is 17.1 Å². The fourth-order valence-electron chi connectivity index (χ4n) is 2.38. The van der Waals surface area contributed by atoms with Crippen molar-refractivity contribution in [2.45, 2.75) is 43.7 Å². The number of hydrogen-bond donors (Lipinski definition) is 0. The van der Waals surface area contributed by atoms with Crippen molar-refractivity contribution >= 4 is 26.4 Å². The molecule has 0 amide bonds. The van der Waals surface area contributed by atoms with E-state index in [9.17, 15) is 3.83 Å². The summed E-state index contributed by atoms with van der Waals surface area (Å²) in [7, 11) is -1.45. The van der Waals surface area contributed by atoms with Gasteiger partial charge in [0, 0.05) is 0 Å². The molecule has 0 aromatic heterocycles. The normalized spacial score (nSPS) is 13.6. The zero-order chi connectivity index (χ0) is 17.4. The summed E-state index contributed by atoms with van der Waals surface area (Å²) in [5.74, 6) is 3.40. The Morgan fingerprint density at radius 1 is 0.958 bits per heavy atom. The standard InChI is InChI=1S/C21H26OSeSi/c1-24(2,3)18-17-21(23(22)20-14-8-5-9-15-20)16-10-13-19-11-6-4-7-12-19/h4-9,11-12,14-15,21H,10,13,16H2,1-3H3. The maximum atomic E-state index is 13.0. The van der Waals surface area contributed by atoms with E-state index in [0.29, 0.717) is 0 Å². The summed E-state index contributed by atoms with van der Waals surface area (Å²) in [6, 6.07) is 20.4. The Labute approximate surface area is 151 Å². The molecule has 0 saturated carbocycles. The van der Waals surface area contributed by atoms with Crippen molar-refractivity contribution in [2.24, 2.45) is 0 Å². The van der Waals surface area contributed by atoms with Crippen molar-refractivity contribution in [3.05, 3.63) is 66.2 Å². The van der Waals surface area contributed by atoms with Crippen LogP contribution >= 0.6 is 0 Å². The van der Waals surface area contributed by atoms with Crippen molar-refractivity contribution in [3.63, 3.8) is 0 Å². The van der Waals surface area contributed by atoms with Crippen molar-refractivity contribution in [1.82, 2.24) is 0 Å². The second-order valence-corrected chi connectivity index (χ2v) is 15.2. The fourth-order valence-corrected chi connectivity index (χ4v) is 5.95. The molecular weight excluding hydrogens is 375 g/mol. The summed E-state index contributed by atoms with van der Waals surface area (Å²) < 4.78 is 14.0. The van der Waals surface area contributed by atoms with Gasteiger partial charge >= 0.3 is 152 Å². The summed E-state index contributed by atoms with van der Waals surface area (Å²) in [4.78, 5) is 0.0165. The third-order valence-corrected chi connectivity index (χ3v) is 7.88. The van der Waals surface area contributed by atoms with Crippen LogP contribution in [0.15, 0.2) is 60.7 Å². The first-order valence-corrected chi connectivity index (χ1v) is 14.5. The molecule has 0 aliphatic heterocycles. The van der Waals surface area contributed by atoms with E-state index in [-0.39, 0.29) is 4.82 Å². The van der Waals surface area contributed by atoms with Gasteiger partial charge in [-0.2, -0.15) is 0 Å². The molecule has 0 N–H and O–H groups in total. The Hall–Kier alpha value is -1.46. The van der Waals surface area contributed by atoms with E-state index in [1.165, 1.54) is 5.56 Å². The fraction of sp³-hybridized carbons (Fsp3) is 0.333. The summed E-state index contributed by atoms with van der Waals surface area (Å²) in [5.41, 5.74) is 4.79. The van der Waals surface area contributed by atoms with Gasteiger partial charge < -0.3 is 0 Å². The first-order chi connectivity index (χ1) is 11.5. The van der Waals surface area contributed by atoms with Crippen molar-refractivity contribution in [2.75, 3.05) is 0 Å². The monoisotopic (exact) mass is 402 g/mol. The molecule has 126 valence electrons. The van der Waals surface area contributed by atoms with Crippen LogP contribution in [-0.2, 0) is 10.3 Å². The molecule has 2 rings (SSSR count). The molecule has 0 aliphatic carbocycles. The van der Waals surface area contributed by atoms with Gasteiger partial charge in [-0.1, -0.05) is 0 Å². The molecule has 0 heterocycles. The Bertz CT molecular complexity index is 708. The van der Waals surface area contributed by atoms with Gasteiger partial charge in [-0.25, -0.2) is 0 Å². The molecule has 0 aliphatic rings. The first-order valence-electron chi connectivity index (χ1n) is 8.48. The number of rotatable bonds is 6. The predicted molar refractivity (Wildman–Crippen MR) is 107 cm³/mol. The Morgan fingerprint density at radius 3 is 2.12 bits per heavy atom. The molecule has 3 heteroatoms. The molecule has 1 nitrogen and oxygen atoms in total. The molecule has 2 aromatic rings. The average molecular weight is 401 g/mol. The summed E-state index contributed by atoms with van der Waals surface area (Å²) in [6.45, 7) is 6.72. The van der Waals surface area contributed by atoms with Gasteiger partial charge in [0.05, 0.1) is 0 Å². The molecule has 2 aromatic carbocycles. The zero-order valence-electron chi connectivity index (χ0n) is 14.8. The van der Waals surface area contributed by atoms with E-state index in [4.69, 9.17) is 0 Å². The van der Waals surface area contributed by atoms with Crippen LogP contribution in [0.2, 0.25) is 24.5 Å². The van der Waals surface area contributed by atoms with E-state index >= 15 is 0 Å². The number of benzene rings is 2. The van der Waals surface area contributed by atoms with Gasteiger partial charge in [0.2, 0.25) is 0 Å². The van der Waals surface area contributed by atoms with Gasteiger partial charge in [-0.3, -0.25) is 0 Å². The molecule has 0 bridgehead atoms. The second kappa shape index (κ2) is 9.13. The van der Waals surface area contributed by atoms with Crippen molar-refractivity contribution < 1.29 is 3.83 Å². The van der Waals surface area contributed by atoms with Gasteiger partial charge in [0.25, 0.3) is 0 Å². The van der Waals surface area contributed by atoms with Crippen LogP contribution in [0.1, 0.15) is 18.4 Å². The van der Waals surface area contributed by atoms with Crippen LogP contribution in [-0.4, -0.2) is 21.9 Å². The number of hydrogen-bond acceptors (Lipinski definition) is 1. The molecule has 0 fully saturated rings. The molecule has 0 spiro atoms. The molecule has 0 radical (unpaired) electrons. The minimum atomic E-state index is -2.14. The van der Waals surface area contributed by atoms with Crippen molar-refractivity contribution in [1.29, 1.82) is 0 Å². The van der Waals surface area contributed by atoms with Crippen LogP contribution in [0.3, 0.4) is 0 Å². The molecule has 2 atom stereocenters. The average Bonchev–Trinajstić information content (AvgIpc) is 2.58. The molecule has 0 saturated heterocycles. The quantitative estimate of drug-likeness (QED) is 0.511. The third-order valence-electron chi connectivity index (χ3n) is 3.62. The van der Waals surface area contributed by atoms with E-state index in [2.05, 4.69) is 55.4 Å². The Morgan fingerprint density at radius 2 is 1.54 bits per heavy atom. The Balaban J connectivity index is 2.07. The maximum absolute atomic E-state index is 13.0. The predicted octanol–water partition coefficient (Wildman–Crippen LogP) is 4.59. The molecule has 2 unspecified atom stereocenters. The Kier molecular flexibility index (Phi) is 7.18. The SMILES string of the molecule is C[Si](C)(C)C#CC(CCCc1ccccc1)[Se](=O)c1ccccc1. The third kappa shape index (κ3) is 6.57. The van der Waals surface area contributed by atoms with Crippen LogP contribution in [0.25, 0.3) is 0 Å². The van der Waals surface area contributed by atoms with Crippen LogP contribution in [0.5, 0.6) is 0 Å². The van der Waals surface area contributed by atoms with E-state index in [1.807, 2.05) is 36.4 Å². The van der Waals surface area contributed by atoms with E-state index in [0.717, 1.165) is 23.7 Å². The van der Waals surface area contributed by atoms with Crippen molar-refractivity contribution in [3.8, 4) is 11.5 Å². The summed E-state index contributed by atoms with van der Waals surface area (Å²) in [6.07, 6.45) is 2.97.